The molecule has 3 N–H and O–H groups in total. The quantitative estimate of drug-likeness (QED) is 0.822. The highest BCUT2D eigenvalue weighted by molar-refractivity contribution is 7.89. The van der Waals surface area contributed by atoms with Gasteiger partial charge >= 0.3 is 0 Å². The molecule has 0 saturated heterocycles. The zero-order valence-electron chi connectivity index (χ0n) is 10.3. The fourth-order valence-corrected chi connectivity index (χ4v) is 2.92. The van der Waals surface area contributed by atoms with Gasteiger partial charge in [0.1, 0.15) is 5.75 Å². The Morgan fingerprint density at radius 2 is 2.28 bits per heavy atom. The van der Waals surface area contributed by atoms with Gasteiger partial charge in [0.2, 0.25) is 10.0 Å². The maximum Gasteiger partial charge on any atom is 0.240 e. The summed E-state index contributed by atoms with van der Waals surface area (Å²) in [6.45, 7) is 2.80. The standard InChI is InChI=1S/C12H18N2O3S/c1-2-10(13)8-14-18(15,16)11-3-4-12-9(7-11)5-6-17-12/h3-4,7,10,14H,2,5-6,8,13H2,1H3. The number of sulfonamides is 1. The highest BCUT2D eigenvalue weighted by Gasteiger charge is 2.19. The molecule has 2 rings (SSSR count). The van der Waals surface area contributed by atoms with Crippen LogP contribution in [0.3, 0.4) is 0 Å². The number of nitrogens with two attached hydrogens (primary N) is 1. The van der Waals surface area contributed by atoms with Gasteiger partial charge in [-0.15, -0.1) is 0 Å². The third-order valence-corrected chi connectivity index (χ3v) is 4.45. The van der Waals surface area contributed by atoms with Crippen LogP contribution in [0.2, 0.25) is 0 Å². The average molecular weight is 270 g/mol. The molecule has 1 unspecified atom stereocenters. The minimum absolute atomic E-state index is 0.155. The van der Waals surface area contributed by atoms with Gasteiger partial charge in [0.25, 0.3) is 0 Å². The summed E-state index contributed by atoms with van der Waals surface area (Å²) in [7, 11) is -3.47. The van der Waals surface area contributed by atoms with E-state index in [1.54, 1.807) is 18.2 Å². The van der Waals surface area contributed by atoms with Crippen LogP contribution >= 0.6 is 0 Å². The largest absolute Gasteiger partial charge is 0.493 e. The van der Waals surface area contributed by atoms with Crippen LogP contribution < -0.4 is 15.2 Å². The summed E-state index contributed by atoms with van der Waals surface area (Å²) in [5.41, 5.74) is 6.64. The smallest absolute Gasteiger partial charge is 0.240 e. The number of benzene rings is 1. The Morgan fingerprint density at radius 3 is 3.00 bits per heavy atom. The second kappa shape index (κ2) is 5.26. The molecule has 100 valence electrons. The monoisotopic (exact) mass is 270 g/mol. The van der Waals surface area contributed by atoms with Crippen molar-refractivity contribution in [2.24, 2.45) is 5.73 Å². The Balaban J connectivity index is 2.15. The number of nitrogens with one attached hydrogen (secondary N) is 1. The molecule has 0 radical (unpaired) electrons. The Bertz CT molecular complexity index is 528. The van der Waals surface area contributed by atoms with Crippen molar-refractivity contribution in [3.63, 3.8) is 0 Å². The molecular formula is C12H18N2O3S. The third-order valence-electron chi connectivity index (χ3n) is 3.03. The number of hydrogen-bond donors (Lipinski definition) is 2. The van der Waals surface area contributed by atoms with Gasteiger partial charge in [0.15, 0.2) is 0 Å². The molecule has 1 heterocycles. The average Bonchev–Trinajstić information content (AvgIpc) is 2.83. The molecule has 1 aromatic rings. The van der Waals surface area contributed by atoms with Gasteiger partial charge in [-0.25, -0.2) is 13.1 Å². The van der Waals surface area contributed by atoms with Crippen LogP contribution in [0.5, 0.6) is 5.75 Å². The molecule has 1 atom stereocenters. The van der Waals surface area contributed by atoms with Gasteiger partial charge in [-0.05, 0) is 30.2 Å². The molecule has 0 aromatic heterocycles. The lowest BCUT2D eigenvalue weighted by Crippen LogP contribution is -2.36. The molecule has 0 amide bonds. The molecule has 1 aromatic carbocycles. The summed E-state index contributed by atoms with van der Waals surface area (Å²) < 4.78 is 32.0. The van der Waals surface area contributed by atoms with E-state index in [2.05, 4.69) is 4.72 Å². The fraction of sp³-hybridized carbons (Fsp3) is 0.500. The number of hydrogen-bond acceptors (Lipinski definition) is 4. The van der Waals surface area contributed by atoms with E-state index >= 15 is 0 Å². The van der Waals surface area contributed by atoms with E-state index in [0.717, 1.165) is 24.2 Å². The first kappa shape index (κ1) is 13.3. The summed E-state index contributed by atoms with van der Waals surface area (Å²) in [6, 6.07) is 4.78. The SMILES string of the molecule is CCC(N)CNS(=O)(=O)c1ccc2c(c1)CCO2. The highest BCUT2D eigenvalue weighted by atomic mass is 32.2. The molecule has 5 nitrogen and oxygen atoms in total. The first-order valence-electron chi connectivity index (χ1n) is 6.04. The summed E-state index contributed by atoms with van der Waals surface area (Å²) in [6.07, 6.45) is 1.49. The Hall–Kier alpha value is -1.11. The van der Waals surface area contributed by atoms with Crippen LogP contribution in [0.4, 0.5) is 0 Å². The van der Waals surface area contributed by atoms with E-state index < -0.39 is 10.0 Å². The van der Waals surface area contributed by atoms with Crippen molar-refractivity contribution in [1.82, 2.24) is 4.72 Å². The van der Waals surface area contributed by atoms with Gasteiger partial charge in [-0.1, -0.05) is 6.92 Å². The molecule has 0 aliphatic carbocycles. The number of rotatable bonds is 5. The predicted molar refractivity (Wildman–Crippen MR) is 69.1 cm³/mol. The molecule has 6 heteroatoms. The van der Waals surface area contributed by atoms with Crippen molar-refractivity contribution >= 4 is 10.0 Å². The van der Waals surface area contributed by atoms with Gasteiger partial charge in [-0.2, -0.15) is 0 Å². The molecule has 1 aliphatic heterocycles. The lowest BCUT2D eigenvalue weighted by molar-refractivity contribution is 0.356. The van der Waals surface area contributed by atoms with Crippen molar-refractivity contribution in [1.29, 1.82) is 0 Å². The van der Waals surface area contributed by atoms with E-state index in [-0.39, 0.29) is 17.5 Å². The summed E-state index contributed by atoms with van der Waals surface area (Å²) in [4.78, 5) is 0.273. The summed E-state index contributed by atoms with van der Waals surface area (Å²) in [5, 5.41) is 0. The lowest BCUT2D eigenvalue weighted by atomic mass is 10.2. The predicted octanol–water partition coefficient (Wildman–Crippen LogP) is 0.637. The zero-order chi connectivity index (χ0) is 13.2. The normalized spacial score (nSPS) is 16.1. The molecule has 0 fully saturated rings. The molecular weight excluding hydrogens is 252 g/mol. The van der Waals surface area contributed by atoms with Crippen LogP contribution in [-0.4, -0.2) is 27.6 Å². The van der Waals surface area contributed by atoms with Gasteiger partial charge in [0, 0.05) is 19.0 Å². The number of ether oxygens (including phenoxy) is 1. The van der Waals surface area contributed by atoms with E-state index in [1.807, 2.05) is 6.92 Å². The van der Waals surface area contributed by atoms with Crippen molar-refractivity contribution in [3.8, 4) is 5.75 Å². The Labute approximate surface area is 107 Å². The van der Waals surface area contributed by atoms with Crippen molar-refractivity contribution < 1.29 is 13.2 Å². The maximum atomic E-state index is 12.0. The van der Waals surface area contributed by atoms with E-state index in [9.17, 15) is 8.42 Å². The molecule has 0 bridgehead atoms. The number of fused-ring (bicyclic) bond motifs is 1. The fourth-order valence-electron chi connectivity index (χ4n) is 1.77. The van der Waals surface area contributed by atoms with Gasteiger partial charge < -0.3 is 10.5 Å². The minimum atomic E-state index is -3.47. The summed E-state index contributed by atoms with van der Waals surface area (Å²) >= 11 is 0. The zero-order valence-corrected chi connectivity index (χ0v) is 11.2. The molecule has 0 spiro atoms. The van der Waals surface area contributed by atoms with Crippen molar-refractivity contribution in [2.45, 2.75) is 30.7 Å². The third kappa shape index (κ3) is 2.82. The van der Waals surface area contributed by atoms with E-state index in [4.69, 9.17) is 10.5 Å². The van der Waals surface area contributed by atoms with E-state index in [1.165, 1.54) is 0 Å². The van der Waals surface area contributed by atoms with Gasteiger partial charge in [0.05, 0.1) is 11.5 Å². The lowest BCUT2D eigenvalue weighted by Gasteiger charge is -2.11. The first-order chi connectivity index (χ1) is 8.53. The second-order valence-corrected chi connectivity index (χ2v) is 6.16. The Kier molecular flexibility index (Phi) is 3.89. The van der Waals surface area contributed by atoms with Crippen LogP contribution in [0.25, 0.3) is 0 Å². The first-order valence-corrected chi connectivity index (χ1v) is 7.52. The molecule has 0 saturated carbocycles. The summed E-state index contributed by atoms with van der Waals surface area (Å²) in [5.74, 6) is 0.777. The minimum Gasteiger partial charge on any atom is -0.493 e. The van der Waals surface area contributed by atoms with E-state index in [0.29, 0.717) is 6.61 Å². The van der Waals surface area contributed by atoms with Gasteiger partial charge in [-0.3, -0.25) is 0 Å². The molecule has 1 aliphatic rings. The molecule has 18 heavy (non-hydrogen) atoms. The Morgan fingerprint density at radius 1 is 1.50 bits per heavy atom. The van der Waals surface area contributed by atoms with Crippen molar-refractivity contribution in [2.75, 3.05) is 13.2 Å². The van der Waals surface area contributed by atoms with Crippen LogP contribution in [-0.2, 0) is 16.4 Å². The van der Waals surface area contributed by atoms with Crippen molar-refractivity contribution in [3.05, 3.63) is 23.8 Å². The second-order valence-electron chi connectivity index (χ2n) is 4.39. The van der Waals surface area contributed by atoms with Crippen LogP contribution in [0, 0.1) is 0 Å². The van der Waals surface area contributed by atoms with Crippen LogP contribution in [0.15, 0.2) is 23.1 Å². The van der Waals surface area contributed by atoms with Crippen LogP contribution in [0.1, 0.15) is 18.9 Å². The topological polar surface area (TPSA) is 81.4 Å². The maximum absolute atomic E-state index is 12.0. The highest BCUT2D eigenvalue weighted by Crippen LogP contribution is 2.27.